The molecule has 1 aromatic rings. The summed E-state index contributed by atoms with van der Waals surface area (Å²) in [6.45, 7) is 2.14. The summed E-state index contributed by atoms with van der Waals surface area (Å²) in [6, 6.07) is 8.39. The second-order valence-corrected chi connectivity index (χ2v) is 6.11. The highest BCUT2D eigenvalue weighted by Crippen LogP contribution is 2.42. The van der Waals surface area contributed by atoms with Gasteiger partial charge in [0.05, 0.1) is 10.7 Å². The topological polar surface area (TPSA) is 15.3 Å². The van der Waals surface area contributed by atoms with Crippen molar-refractivity contribution >= 4 is 17.3 Å². The summed E-state index contributed by atoms with van der Waals surface area (Å²) in [5.74, 6) is 0. The Balaban J connectivity index is 1.91. The fourth-order valence-corrected chi connectivity index (χ4v) is 3.84. The molecule has 0 aromatic heterocycles. The maximum absolute atomic E-state index is 6.40. The number of halogens is 1. The van der Waals surface area contributed by atoms with Gasteiger partial charge in [0, 0.05) is 18.1 Å². The molecule has 2 saturated heterocycles. The first-order valence-corrected chi connectivity index (χ1v) is 7.28. The number of fused-ring (bicyclic) bond motifs is 2. The highest BCUT2D eigenvalue weighted by molar-refractivity contribution is 6.33. The van der Waals surface area contributed by atoms with Crippen molar-refractivity contribution < 1.29 is 0 Å². The van der Waals surface area contributed by atoms with Crippen LogP contribution in [-0.2, 0) is 0 Å². The third-order valence-corrected chi connectivity index (χ3v) is 4.84. The van der Waals surface area contributed by atoms with Crippen LogP contribution >= 0.6 is 11.6 Å². The maximum Gasteiger partial charge on any atom is 0.0639 e. The van der Waals surface area contributed by atoms with Gasteiger partial charge in [-0.1, -0.05) is 17.7 Å². The Bertz CT molecular complexity index is 432. The standard InChI is InChI=1S/C15H21ClN2/c1-10-3-6-14(16)15(7-10)18-12-4-5-13(18)9-11(8-12)17-2/h3,6-7,11-13,17H,4-5,8-9H2,1-2H3. The fourth-order valence-electron chi connectivity index (χ4n) is 3.63. The first-order valence-electron chi connectivity index (χ1n) is 6.91. The van der Waals surface area contributed by atoms with Crippen molar-refractivity contribution in [1.82, 2.24) is 5.32 Å². The van der Waals surface area contributed by atoms with E-state index in [0.29, 0.717) is 18.1 Å². The minimum atomic E-state index is 0.667. The molecule has 2 aliphatic rings. The van der Waals surface area contributed by atoms with Gasteiger partial charge in [-0.25, -0.2) is 0 Å². The number of nitrogens with zero attached hydrogens (tertiary/aromatic N) is 1. The van der Waals surface area contributed by atoms with Crippen molar-refractivity contribution in [2.24, 2.45) is 0 Å². The Kier molecular flexibility index (Phi) is 3.25. The Morgan fingerprint density at radius 2 is 1.89 bits per heavy atom. The van der Waals surface area contributed by atoms with E-state index < -0.39 is 0 Å². The molecule has 2 bridgehead atoms. The fraction of sp³-hybridized carbons (Fsp3) is 0.600. The van der Waals surface area contributed by atoms with Crippen molar-refractivity contribution in [2.75, 3.05) is 11.9 Å². The highest BCUT2D eigenvalue weighted by atomic mass is 35.5. The monoisotopic (exact) mass is 264 g/mol. The molecule has 0 spiro atoms. The van der Waals surface area contributed by atoms with Crippen molar-refractivity contribution in [3.63, 3.8) is 0 Å². The summed E-state index contributed by atoms with van der Waals surface area (Å²) in [5, 5.41) is 4.35. The molecule has 0 saturated carbocycles. The summed E-state index contributed by atoms with van der Waals surface area (Å²) < 4.78 is 0. The Morgan fingerprint density at radius 3 is 2.50 bits per heavy atom. The third-order valence-electron chi connectivity index (χ3n) is 4.52. The van der Waals surface area contributed by atoms with Crippen LogP contribution in [0.4, 0.5) is 5.69 Å². The minimum Gasteiger partial charge on any atom is -0.364 e. The molecule has 2 nitrogen and oxygen atoms in total. The zero-order valence-electron chi connectivity index (χ0n) is 11.1. The number of hydrogen-bond acceptors (Lipinski definition) is 2. The Morgan fingerprint density at radius 1 is 1.22 bits per heavy atom. The average Bonchev–Trinajstić information content (AvgIpc) is 2.63. The molecule has 98 valence electrons. The summed E-state index contributed by atoms with van der Waals surface area (Å²) in [6.07, 6.45) is 5.12. The van der Waals surface area contributed by atoms with E-state index in [1.807, 2.05) is 6.07 Å². The van der Waals surface area contributed by atoms with Gasteiger partial charge in [0.1, 0.15) is 0 Å². The molecule has 2 atom stereocenters. The van der Waals surface area contributed by atoms with Crippen LogP contribution in [0.15, 0.2) is 18.2 Å². The van der Waals surface area contributed by atoms with E-state index in [9.17, 15) is 0 Å². The van der Waals surface area contributed by atoms with Crippen LogP contribution in [0.2, 0.25) is 5.02 Å². The number of anilines is 1. The molecular weight excluding hydrogens is 244 g/mol. The van der Waals surface area contributed by atoms with Crippen molar-refractivity contribution in [1.29, 1.82) is 0 Å². The predicted octanol–water partition coefficient (Wildman–Crippen LogP) is 3.37. The molecule has 2 heterocycles. The van der Waals surface area contributed by atoms with E-state index in [1.54, 1.807) is 0 Å². The SMILES string of the molecule is CNC1CC2CCC(C1)N2c1cc(C)ccc1Cl. The van der Waals surface area contributed by atoms with Crippen molar-refractivity contribution in [2.45, 2.75) is 50.7 Å². The van der Waals surface area contributed by atoms with Gasteiger partial charge in [0.2, 0.25) is 0 Å². The van der Waals surface area contributed by atoms with E-state index >= 15 is 0 Å². The molecule has 2 fully saturated rings. The molecular formula is C15H21ClN2. The lowest BCUT2D eigenvalue weighted by Gasteiger charge is -2.41. The second kappa shape index (κ2) is 4.75. The van der Waals surface area contributed by atoms with Crippen LogP contribution in [0.1, 0.15) is 31.2 Å². The molecule has 18 heavy (non-hydrogen) atoms. The quantitative estimate of drug-likeness (QED) is 0.881. The zero-order valence-corrected chi connectivity index (χ0v) is 11.9. The molecule has 0 aliphatic carbocycles. The lowest BCUT2D eigenvalue weighted by atomic mass is 9.96. The van der Waals surface area contributed by atoms with Crippen molar-refractivity contribution in [3.8, 4) is 0 Å². The Hall–Kier alpha value is -0.730. The zero-order chi connectivity index (χ0) is 12.7. The first kappa shape index (κ1) is 12.3. The summed E-state index contributed by atoms with van der Waals surface area (Å²) in [7, 11) is 2.08. The molecule has 3 rings (SSSR count). The first-order chi connectivity index (χ1) is 8.69. The lowest BCUT2D eigenvalue weighted by Crippen LogP contribution is -2.48. The largest absolute Gasteiger partial charge is 0.364 e. The van der Waals surface area contributed by atoms with Gasteiger partial charge in [0.25, 0.3) is 0 Å². The summed E-state index contributed by atoms with van der Waals surface area (Å²) in [4.78, 5) is 2.59. The van der Waals surface area contributed by atoms with Gasteiger partial charge in [0.15, 0.2) is 0 Å². The van der Waals surface area contributed by atoms with E-state index in [-0.39, 0.29) is 0 Å². The second-order valence-electron chi connectivity index (χ2n) is 5.70. The third kappa shape index (κ3) is 2.02. The molecule has 2 aliphatic heterocycles. The molecule has 3 heteroatoms. The lowest BCUT2D eigenvalue weighted by molar-refractivity contribution is 0.374. The number of piperidine rings is 1. The molecule has 1 aromatic carbocycles. The normalized spacial score (nSPS) is 30.8. The number of benzene rings is 1. The minimum absolute atomic E-state index is 0.667. The van der Waals surface area contributed by atoms with Gasteiger partial charge >= 0.3 is 0 Å². The van der Waals surface area contributed by atoms with Gasteiger partial charge in [-0.05, 0) is 57.4 Å². The highest BCUT2D eigenvalue weighted by Gasteiger charge is 2.40. The molecule has 0 amide bonds. The van der Waals surface area contributed by atoms with Crippen LogP contribution in [0.25, 0.3) is 0 Å². The van der Waals surface area contributed by atoms with Gasteiger partial charge in [-0.3, -0.25) is 0 Å². The Labute approximate surface area is 114 Å². The van der Waals surface area contributed by atoms with Gasteiger partial charge in [-0.15, -0.1) is 0 Å². The number of hydrogen-bond donors (Lipinski definition) is 1. The van der Waals surface area contributed by atoms with Crippen LogP contribution in [0, 0.1) is 6.92 Å². The molecule has 1 N–H and O–H groups in total. The molecule has 2 unspecified atom stereocenters. The number of rotatable bonds is 2. The van der Waals surface area contributed by atoms with Crippen LogP contribution in [-0.4, -0.2) is 25.2 Å². The van der Waals surface area contributed by atoms with Crippen molar-refractivity contribution in [3.05, 3.63) is 28.8 Å². The van der Waals surface area contributed by atoms with Crippen LogP contribution < -0.4 is 10.2 Å². The van der Waals surface area contributed by atoms with Gasteiger partial charge < -0.3 is 10.2 Å². The summed E-state index contributed by atoms with van der Waals surface area (Å²) in [5.41, 5.74) is 2.54. The van der Waals surface area contributed by atoms with E-state index in [2.05, 4.69) is 36.3 Å². The number of aryl methyl sites for hydroxylation is 1. The van der Waals surface area contributed by atoms with Crippen LogP contribution in [0.5, 0.6) is 0 Å². The maximum atomic E-state index is 6.40. The smallest absolute Gasteiger partial charge is 0.0639 e. The average molecular weight is 265 g/mol. The predicted molar refractivity (Wildman–Crippen MR) is 77.6 cm³/mol. The number of nitrogens with one attached hydrogen (secondary N) is 1. The summed E-state index contributed by atoms with van der Waals surface area (Å²) >= 11 is 6.40. The van der Waals surface area contributed by atoms with Gasteiger partial charge in [-0.2, -0.15) is 0 Å². The van der Waals surface area contributed by atoms with E-state index in [1.165, 1.54) is 36.9 Å². The van der Waals surface area contributed by atoms with Crippen LogP contribution in [0.3, 0.4) is 0 Å². The van der Waals surface area contributed by atoms with E-state index in [0.717, 1.165) is 5.02 Å². The molecule has 0 radical (unpaired) electrons. The van der Waals surface area contributed by atoms with E-state index in [4.69, 9.17) is 11.6 Å².